The van der Waals surface area contributed by atoms with Crippen LogP contribution in [0.1, 0.15) is 16.1 Å². The van der Waals surface area contributed by atoms with Crippen LogP contribution in [0.3, 0.4) is 0 Å². The minimum Gasteiger partial charge on any atom is -0.478 e. The highest BCUT2D eigenvalue weighted by molar-refractivity contribution is 9.10. The lowest BCUT2D eigenvalue weighted by molar-refractivity contribution is 0.0696. The first-order valence-electron chi connectivity index (χ1n) is 4.49. The Hall–Kier alpha value is -1.69. The first-order valence-corrected chi connectivity index (χ1v) is 5.28. The van der Waals surface area contributed by atoms with E-state index in [1.165, 1.54) is 10.7 Å². The Morgan fingerprint density at radius 3 is 2.88 bits per heavy atom. The Morgan fingerprint density at radius 1 is 1.56 bits per heavy atom. The molecule has 0 atom stereocenters. The Morgan fingerprint density at radius 2 is 2.31 bits per heavy atom. The van der Waals surface area contributed by atoms with Crippen LogP contribution in [-0.4, -0.2) is 25.8 Å². The summed E-state index contributed by atoms with van der Waals surface area (Å²) < 4.78 is 2.07. The molecule has 1 N–H and O–H groups in total. The highest BCUT2D eigenvalue weighted by Crippen LogP contribution is 2.17. The maximum atomic E-state index is 11.1. The number of carboxylic acid groups (broad SMARTS) is 1. The molecule has 0 aromatic carbocycles. The summed E-state index contributed by atoms with van der Waals surface area (Å²) in [5, 5.41) is 13.2. The number of hydrogen-bond donors (Lipinski definition) is 1. The molecular formula is C10H8BrN3O2. The van der Waals surface area contributed by atoms with E-state index in [9.17, 15) is 4.79 Å². The van der Waals surface area contributed by atoms with Crippen LogP contribution in [0.25, 0.3) is 5.82 Å². The number of halogens is 1. The van der Waals surface area contributed by atoms with Crippen molar-refractivity contribution in [2.45, 2.75) is 6.92 Å². The second-order valence-corrected chi connectivity index (χ2v) is 4.15. The van der Waals surface area contributed by atoms with E-state index in [0.29, 0.717) is 10.3 Å². The van der Waals surface area contributed by atoms with Gasteiger partial charge >= 0.3 is 5.97 Å². The topological polar surface area (TPSA) is 68.0 Å². The number of carbonyl (C=O) groups is 1. The van der Waals surface area contributed by atoms with E-state index in [0.717, 1.165) is 5.69 Å². The molecule has 0 aliphatic carbocycles. The van der Waals surface area contributed by atoms with Gasteiger partial charge in [0.25, 0.3) is 0 Å². The zero-order chi connectivity index (χ0) is 11.7. The third-order valence-corrected chi connectivity index (χ3v) is 2.44. The molecule has 6 heteroatoms. The number of aromatic carboxylic acids is 1. The Bertz CT molecular complexity index is 551. The van der Waals surface area contributed by atoms with Crippen molar-refractivity contribution < 1.29 is 9.90 Å². The van der Waals surface area contributed by atoms with Crippen molar-refractivity contribution in [3.8, 4) is 5.82 Å². The van der Waals surface area contributed by atoms with Crippen LogP contribution >= 0.6 is 15.9 Å². The second kappa shape index (κ2) is 4.05. The highest BCUT2D eigenvalue weighted by atomic mass is 79.9. The smallest absolute Gasteiger partial charge is 0.339 e. The van der Waals surface area contributed by atoms with Gasteiger partial charge in [0.1, 0.15) is 5.56 Å². The van der Waals surface area contributed by atoms with E-state index >= 15 is 0 Å². The zero-order valence-corrected chi connectivity index (χ0v) is 9.97. The lowest BCUT2D eigenvalue weighted by Crippen LogP contribution is -2.08. The quantitative estimate of drug-likeness (QED) is 0.915. The predicted octanol–water partition coefficient (Wildman–Crippen LogP) is 2.04. The summed E-state index contributed by atoms with van der Waals surface area (Å²) >= 11 is 3.19. The third kappa shape index (κ3) is 1.96. The van der Waals surface area contributed by atoms with E-state index in [2.05, 4.69) is 26.0 Å². The fourth-order valence-electron chi connectivity index (χ4n) is 1.31. The van der Waals surface area contributed by atoms with Crippen LogP contribution in [0, 0.1) is 6.92 Å². The summed E-state index contributed by atoms with van der Waals surface area (Å²) in [6.07, 6.45) is 3.22. The van der Waals surface area contributed by atoms with Crippen LogP contribution in [0.5, 0.6) is 0 Å². The van der Waals surface area contributed by atoms with Crippen LogP contribution in [-0.2, 0) is 0 Å². The van der Waals surface area contributed by atoms with Gasteiger partial charge < -0.3 is 5.11 Å². The number of nitrogens with zero attached hydrogens (tertiary/aromatic N) is 3. The minimum absolute atomic E-state index is 0.109. The summed E-state index contributed by atoms with van der Waals surface area (Å²) in [5.74, 6) is -0.722. The molecule has 0 amide bonds. The molecule has 82 valence electrons. The van der Waals surface area contributed by atoms with Crippen LogP contribution in [0.2, 0.25) is 0 Å². The zero-order valence-electron chi connectivity index (χ0n) is 8.38. The van der Waals surface area contributed by atoms with Gasteiger partial charge in [0.2, 0.25) is 0 Å². The summed E-state index contributed by atoms with van der Waals surface area (Å²) in [4.78, 5) is 15.1. The standard InChI is InChI=1S/C10H8BrN3O2/c1-6-2-3-14(13-6)9-8(10(15)16)4-7(11)5-12-9/h2-5H,1H3,(H,15,16). The summed E-state index contributed by atoms with van der Waals surface area (Å²) in [7, 11) is 0. The van der Waals surface area contributed by atoms with Crippen molar-refractivity contribution in [2.24, 2.45) is 0 Å². The molecule has 0 spiro atoms. The number of carboxylic acids is 1. The molecule has 0 bridgehead atoms. The average Bonchev–Trinajstić information content (AvgIpc) is 2.64. The molecule has 16 heavy (non-hydrogen) atoms. The van der Waals surface area contributed by atoms with Crippen LogP contribution in [0.4, 0.5) is 0 Å². The van der Waals surface area contributed by atoms with Gasteiger partial charge in [0, 0.05) is 16.9 Å². The van der Waals surface area contributed by atoms with Crippen molar-refractivity contribution in [1.29, 1.82) is 0 Å². The minimum atomic E-state index is -1.03. The van der Waals surface area contributed by atoms with Gasteiger partial charge in [-0.25, -0.2) is 14.5 Å². The molecule has 0 saturated carbocycles. The van der Waals surface area contributed by atoms with Crippen molar-refractivity contribution >= 4 is 21.9 Å². The van der Waals surface area contributed by atoms with Crippen molar-refractivity contribution in [1.82, 2.24) is 14.8 Å². The number of aryl methyl sites for hydroxylation is 1. The van der Waals surface area contributed by atoms with E-state index in [4.69, 9.17) is 5.11 Å². The molecule has 0 unspecified atom stereocenters. The summed E-state index contributed by atoms with van der Waals surface area (Å²) in [6.45, 7) is 1.83. The first-order chi connectivity index (χ1) is 7.58. The van der Waals surface area contributed by atoms with Gasteiger partial charge in [-0.15, -0.1) is 0 Å². The SMILES string of the molecule is Cc1ccn(-c2ncc(Br)cc2C(=O)O)n1. The third-order valence-electron chi connectivity index (χ3n) is 2.00. The second-order valence-electron chi connectivity index (χ2n) is 3.23. The summed E-state index contributed by atoms with van der Waals surface area (Å²) in [6, 6.07) is 3.29. The van der Waals surface area contributed by atoms with E-state index in [1.807, 2.05) is 6.92 Å². The molecule has 2 aromatic rings. The molecule has 2 aromatic heterocycles. The fourth-order valence-corrected chi connectivity index (χ4v) is 1.64. The lowest BCUT2D eigenvalue weighted by Gasteiger charge is -2.04. The number of pyridine rings is 1. The maximum Gasteiger partial charge on any atom is 0.339 e. The first kappa shape index (κ1) is 10.8. The Balaban J connectivity index is 2.60. The molecular weight excluding hydrogens is 274 g/mol. The summed E-state index contributed by atoms with van der Waals surface area (Å²) in [5.41, 5.74) is 0.915. The number of hydrogen-bond acceptors (Lipinski definition) is 3. The molecule has 0 radical (unpaired) electrons. The average molecular weight is 282 g/mol. The van der Waals surface area contributed by atoms with Crippen LogP contribution in [0.15, 0.2) is 29.0 Å². The van der Waals surface area contributed by atoms with Gasteiger partial charge in [-0.1, -0.05) is 0 Å². The molecule has 5 nitrogen and oxygen atoms in total. The molecule has 0 aliphatic rings. The maximum absolute atomic E-state index is 11.1. The van der Waals surface area contributed by atoms with E-state index < -0.39 is 5.97 Å². The molecule has 2 rings (SSSR count). The van der Waals surface area contributed by atoms with E-state index in [-0.39, 0.29) is 5.56 Å². The van der Waals surface area contributed by atoms with Gasteiger partial charge in [0.05, 0.1) is 5.69 Å². The highest BCUT2D eigenvalue weighted by Gasteiger charge is 2.14. The van der Waals surface area contributed by atoms with Gasteiger partial charge in [-0.2, -0.15) is 5.10 Å². The molecule has 0 aliphatic heterocycles. The van der Waals surface area contributed by atoms with Crippen molar-refractivity contribution in [3.63, 3.8) is 0 Å². The normalized spacial score (nSPS) is 10.4. The van der Waals surface area contributed by atoms with E-state index in [1.54, 1.807) is 18.5 Å². The number of rotatable bonds is 2. The largest absolute Gasteiger partial charge is 0.478 e. The molecule has 2 heterocycles. The Labute approximate surface area is 99.9 Å². The monoisotopic (exact) mass is 281 g/mol. The predicted molar refractivity (Wildman–Crippen MR) is 60.8 cm³/mol. The van der Waals surface area contributed by atoms with Gasteiger partial charge in [-0.05, 0) is 35.0 Å². The van der Waals surface area contributed by atoms with Crippen molar-refractivity contribution in [2.75, 3.05) is 0 Å². The molecule has 0 saturated heterocycles. The fraction of sp³-hybridized carbons (Fsp3) is 0.100. The van der Waals surface area contributed by atoms with Crippen LogP contribution < -0.4 is 0 Å². The Kier molecular flexibility index (Phi) is 2.74. The molecule has 0 fully saturated rings. The lowest BCUT2D eigenvalue weighted by atomic mass is 10.2. The number of aromatic nitrogens is 3. The van der Waals surface area contributed by atoms with Gasteiger partial charge in [0.15, 0.2) is 5.82 Å². The van der Waals surface area contributed by atoms with Crippen molar-refractivity contribution in [3.05, 3.63) is 40.3 Å². The van der Waals surface area contributed by atoms with Gasteiger partial charge in [-0.3, -0.25) is 0 Å².